The van der Waals surface area contributed by atoms with Crippen LogP contribution in [0.4, 0.5) is 0 Å². The molecule has 3 nitrogen and oxygen atoms in total. The summed E-state index contributed by atoms with van der Waals surface area (Å²) >= 11 is 3.47. The van der Waals surface area contributed by atoms with E-state index in [-0.39, 0.29) is 5.78 Å². The Morgan fingerprint density at radius 1 is 1.39 bits per heavy atom. The minimum atomic E-state index is 0.105. The smallest absolute Gasteiger partial charge is 0.169 e. The van der Waals surface area contributed by atoms with Gasteiger partial charge in [-0.15, -0.1) is 0 Å². The molecule has 0 amide bonds. The number of halogens is 1. The van der Waals surface area contributed by atoms with Crippen molar-refractivity contribution < 1.29 is 4.79 Å². The van der Waals surface area contributed by atoms with E-state index in [4.69, 9.17) is 0 Å². The second kappa shape index (κ2) is 5.06. The van der Waals surface area contributed by atoms with Crippen molar-refractivity contribution in [2.45, 2.75) is 20.3 Å². The first-order valence-electron chi connectivity index (χ1n) is 5.77. The second-order valence-electron chi connectivity index (χ2n) is 4.44. The zero-order chi connectivity index (χ0) is 13.3. The molecular weight excluding hydrogens is 292 g/mol. The van der Waals surface area contributed by atoms with Gasteiger partial charge in [0, 0.05) is 22.8 Å². The van der Waals surface area contributed by atoms with E-state index in [2.05, 4.69) is 21.0 Å². The number of Topliss-reactive ketones (excluding diaryl/α,β-unsaturated/α-hetero) is 1. The molecule has 94 valence electrons. The third-order valence-electron chi connectivity index (χ3n) is 2.93. The van der Waals surface area contributed by atoms with Gasteiger partial charge in [-0.1, -0.05) is 18.2 Å². The van der Waals surface area contributed by atoms with E-state index in [1.54, 1.807) is 4.68 Å². The summed E-state index contributed by atoms with van der Waals surface area (Å²) < 4.78 is 2.64. The molecule has 0 radical (unpaired) electrons. The topological polar surface area (TPSA) is 34.9 Å². The summed E-state index contributed by atoms with van der Waals surface area (Å²) in [6.07, 6.45) is 0.374. The standard InChI is InChI=1S/C14H15BrN2O/c1-9-5-4-6-12(14(9)15)13(18)8-11-7-10(2)16-17(11)3/h4-7H,8H2,1-3H3. The summed E-state index contributed by atoms with van der Waals surface area (Å²) in [5, 5.41) is 4.25. The van der Waals surface area contributed by atoms with Gasteiger partial charge in [0.25, 0.3) is 0 Å². The summed E-state index contributed by atoms with van der Waals surface area (Å²) in [5.74, 6) is 0.105. The van der Waals surface area contributed by atoms with Crippen molar-refractivity contribution >= 4 is 21.7 Å². The molecule has 1 heterocycles. The number of nitrogens with zero attached hydrogens (tertiary/aromatic N) is 2. The van der Waals surface area contributed by atoms with E-state index in [0.29, 0.717) is 6.42 Å². The van der Waals surface area contributed by atoms with Gasteiger partial charge in [0.1, 0.15) is 0 Å². The highest BCUT2D eigenvalue weighted by molar-refractivity contribution is 9.10. The molecule has 0 fully saturated rings. The monoisotopic (exact) mass is 306 g/mol. The lowest BCUT2D eigenvalue weighted by Crippen LogP contribution is -2.08. The van der Waals surface area contributed by atoms with E-state index in [1.807, 2.05) is 45.2 Å². The van der Waals surface area contributed by atoms with Crippen molar-refractivity contribution in [2.75, 3.05) is 0 Å². The first-order valence-corrected chi connectivity index (χ1v) is 6.56. The average molecular weight is 307 g/mol. The Morgan fingerprint density at radius 3 is 2.72 bits per heavy atom. The number of rotatable bonds is 3. The number of hydrogen-bond donors (Lipinski definition) is 0. The summed E-state index contributed by atoms with van der Waals surface area (Å²) in [5.41, 5.74) is 3.67. The lowest BCUT2D eigenvalue weighted by atomic mass is 10.0. The maximum absolute atomic E-state index is 12.3. The molecule has 18 heavy (non-hydrogen) atoms. The van der Waals surface area contributed by atoms with Crippen molar-refractivity contribution in [3.05, 3.63) is 51.3 Å². The Balaban J connectivity index is 2.27. The molecule has 1 aromatic heterocycles. The number of benzene rings is 1. The quantitative estimate of drug-likeness (QED) is 0.816. The van der Waals surface area contributed by atoms with Gasteiger partial charge in [-0.2, -0.15) is 5.10 Å². The van der Waals surface area contributed by atoms with Crippen molar-refractivity contribution in [3.63, 3.8) is 0 Å². The lowest BCUT2D eigenvalue weighted by molar-refractivity contribution is 0.0990. The minimum absolute atomic E-state index is 0.105. The van der Waals surface area contributed by atoms with Crippen LogP contribution in [-0.4, -0.2) is 15.6 Å². The molecule has 0 spiro atoms. The fourth-order valence-electron chi connectivity index (χ4n) is 1.95. The Bertz CT molecular complexity index is 602. The summed E-state index contributed by atoms with van der Waals surface area (Å²) in [6.45, 7) is 3.91. The van der Waals surface area contributed by atoms with Gasteiger partial charge >= 0.3 is 0 Å². The Labute approximate surface area is 115 Å². The van der Waals surface area contributed by atoms with Gasteiger partial charge in [0.15, 0.2) is 5.78 Å². The van der Waals surface area contributed by atoms with Crippen LogP contribution in [0.1, 0.15) is 27.3 Å². The van der Waals surface area contributed by atoms with Gasteiger partial charge in [0.05, 0.1) is 12.1 Å². The molecule has 0 unspecified atom stereocenters. The van der Waals surface area contributed by atoms with Crippen LogP contribution in [0.15, 0.2) is 28.7 Å². The van der Waals surface area contributed by atoms with Gasteiger partial charge in [0.2, 0.25) is 0 Å². The third kappa shape index (κ3) is 2.53. The molecule has 0 N–H and O–H groups in total. The molecule has 2 aromatic rings. The second-order valence-corrected chi connectivity index (χ2v) is 5.23. The highest BCUT2D eigenvalue weighted by Gasteiger charge is 2.14. The number of carbonyl (C=O) groups is 1. The molecule has 0 saturated heterocycles. The summed E-state index contributed by atoms with van der Waals surface area (Å²) in [4.78, 5) is 12.3. The SMILES string of the molecule is Cc1cc(CC(=O)c2cccc(C)c2Br)n(C)n1. The Hall–Kier alpha value is -1.42. The lowest BCUT2D eigenvalue weighted by Gasteiger charge is -2.06. The first-order chi connectivity index (χ1) is 8.49. The van der Waals surface area contributed by atoms with Crippen molar-refractivity contribution in [1.29, 1.82) is 0 Å². The maximum Gasteiger partial charge on any atom is 0.169 e. The fraction of sp³-hybridized carbons (Fsp3) is 0.286. The van der Waals surface area contributed by atoms with Crippen molar-refractivity contribution in [2.24, 2.45) is 7.05 Å². The van der Waals surface area contributed by atoms with E-state index < -0.39 is 0 Å². The first kappa shape index (κ1) is 13.0. The predicted molar refractivity (Wildman–Crippen MR) is 74.9 cm³/mol. The van der Waals surface area contributed by atoms with E-state index >= 15 is 0 Å². The Kier molecular flexibility index (Phi) is 3.66. The summed E-state index contributed by atoms with van der Waals surface area (Å²) in [7, 11) is 1.86. The molecule has 0 atom stereocenters. The normalized spacial score (nSPS) is 10.7. The van der Waals surface area contributed by atoms with Gasteiger partial charge in [-0.25, -0.2) is 0 Å². The highest BCUT2D eigenvalue weighted by Crippen LogP contribution is 2.22. The van der Waals surface area contributed by atoms with Crippen LogP contribution >= 0.6 is 15.9 Å². The molecule has 0 saturated carbocycles. The van der Waals surface area contributed by atoms with Gasteiger partial charge in [-0.3, -0.25) is 9.48 Å². The number of ketones is 1. The molecule has 1 aromatic carbocycles. The molecule has 0 aliphatic heterocycles. The minimum Gasteiger partial charge on any atom is -0.294 e. The van der Waals surface area contributed by atoms with Crippen LogP contribution in [0.2, 0.25) is 0 Å². The van der Waals surface area contributed by atoms with Crippen LogP contribution in [0.5, 0.6) is 0 Å². The Morgan fingerprint density at radius 2 is 2.11 bits per heavy atom. The summed E-state index contributed by atoms with van der Waals surface area (Å²) in [6, 6.07) is 7.68. The molecule has 0 aliphatic carbocycles. The molecule has 2 rings (SSSR count). The molecule has 4 heteroatoms. The van der Waals surface area contributed by atoms with Crippen LogP contribution < -0.4 is 0 Å². The number of hydrogen-bond acceptors (Lipinski definition) is 2. The zero-order valence-corrected chi connectivity index (χ0v) is 12.3. The maximum atomic E-state index is 12.3. The number of carbonyl (C=O) groups excluding carboxylic acids is 1. The van der Waals surface area contributed by atoms with Crippen LogP contribution in [0.3, 0.4) is 0 Å². The van der Waals surface area contributed by atoms with Crippen LogP contribution in [0, 0.1) is 13.8 Å². The number of aromatic nitrogens is 2. The van der Waals surface area contributed by atoms with E-state index in [1.165, 1.54) is 0 Å². The van der Waals surface area contributed by atoms with Gasteiger partial charge < -0.3 is 0 Å². The van der Waals surface area contributed by atoms with E-state index in [9.17, 15) is 4.79 Å². The van der Waals surface area contributed by atoms with Gasteiger partial charge in [-0.05, 0) is 41.4 Å². The van der Waals surface area contributed by atoms with Crippen LogP contribution in [0.25, 0.3) is 0 Å². The average Bonchev–Trinajstić information content (AvgIpc) is 2.61. The predicted octanol–water partition coefficient (Wildman–Crippen LogP) is 3.22. The van der Waals surface area contributed by atoms with E-state index in [0.717, 1.165) is 27.0 Å². The molecular formula is C14H15BrN2O. The third-order valence-corrected chi connectivity index (χ3v) is 3.99. The molecule has 0 bridgehead atoms. The van der Waals surface area contributed by atoms with Crippen LogP contribution in [-0.2, 0) is 13.5 Å². The highest BCUT2D eigenvalue weighted by atomic mass is 79.9. The molecule has 0 aliphatic rings. The van der Waals surface area contributed by atoms with Crippen molar-refractivity contribution in [1.82, 2.24) is 9.78 Å². The fourth-order valence-corrected chi connectivity index (χ4v) is 2.44. The van der Waals surface area contributed by atoms with Crippen molar-refractivity contribution in [3.8, 4) is 0 Å². The number of aryl methyl sites for hydroxylation is 3. The zero-order valence-electron chi connectivity index (χ0n) is 10.7. The largest absolute Gasteiger partial charge is 0.294 e.